The number of ketones is 1. The van der Waals surface area contributed by atoms with Gasteiger partial charge < -0.3 is 4.74 Å². The van der Waals surface area contributed by atoms with Crippen LogP contribution in [-0.2, 0) is 4.79 Å². The Morgan fingerprint density at radius 3 is 2.58 bits per heavy atom. The first kappa shape index (κ1) is 19.5. The van der Waals surface area contributed by atoms with Crippen LogP contribution in [0, 0.1) is 0 Å². The third kappa shape index (κ3) is 3.04. The number of thioether (sulfide) groups is 1. The second-order valence-electron chi connectivity index (χ2n) is 7.86. The highest BCUT2D eigenvalue weighted by Gasteiger charge is 2.47. The smallest absolute Gasteiger partial charge is 0.300 e. The van der Waals surface area contributed by atoms with Crippen LogP contribution in [0.3, 0.4) is 0 Å². The molecule has 0 unspecified atom stereocenters. The van der Waals surface area contributed by atoms with Crippen LogP contribution in [0.4, 0.5) is 5.69 Å². The molecule has 0 radical (unpaired) electrons. The average Bonchev–Trinajstić information content (AvgIpc) is 3.34. The lowest BCUT2D eigenvalue weighted by Crippen LogP contribution is -2.47. The Morgan fingerprint density at radius 1 is 1.10 bits per heavy atom. The third-order valence-electron chi connectivity index (χ3n) is 5.43. The largest absolute Gasteiger partial charge is 0.497 e. The highest BCUT2D eigenvalue weighted by molar-refractivity contribution is 7.99. The van der Waals surface area contributed by atoms with E-state index in [1.165, 1.54) is 11.8 Å². The second kappa shape index (κ2) is 7.05. The first-order chi connectivity index (χ1) is 14.9. The van der Waals surface area contributed by atoms with Gasteiger partial charge in [0.1, 0.15) is 5.75 Å². The number of amides is 1. The minimum atomic E-state index is -0.638. The predicted molar refractivity (Wildman–Crippen MR) is 117 cm³/mol. The van der Waals surface area contributed by atoms with E-state index in [2.05, 4.69) is 15.5 Å². The van der Waals surface area contributed by atoms with Crippen LogP contribution in [-0.4, -0.2) is 50.3 Å². The van der Waals surface area contributed by atoms with E-state index in [-0.39, 0.29) is 0 Å². The molecule has 0 N–H and O–H groups in total. The van der Waals surface area contributed by atoms with E-state index in [1.807, 2.05) is 56.3 Å². The van der Waals surface area contributed by atoms with Crippen LogP contribution < -0.4 is 9.64 Å². The minimum absolute atomic E-state index is 0.386. The maximum absolute atomic E-state index is 12.7. The van der Waals surface area contributed by atoms with Crippen LogP contribution >= 0.6 is 11.8 Å². The Bertz CT molecular complexity index is 1250. The highest BCUT2D eigenvalue weighted by Crippen LogP contribution is 2.48. The Hall–Kier alpha value is -3.46. The van der Waals surface area contributed by atoms with Crippen LogP contribution in [0.1, 0.15) is 29.8 Å². The van der Waals surface area contributed by atoms with Gasteiger partial charge in [-0.15, -0.1) is 5.10 Å². The molecule has 1 aromatic heterocycles. The Balaban J connectivity index is 1.54. The summed E-state index contributed by atoms with van der Waals surface area (Å²) in [4.78, 5) is 27.0. The van der Waals surface area contributed by atoms with Gasteiger partial charge in [0.05, 0.1) is 29.6 Å². The topological polar surface area (TPSA) is 90.2 Å². The molecule has 0 saturated carbocycles. The molecule has 0 atom stereocenters. The van der Waals surface area contributed by atoms with Crippen molar-refractivity contribution in [3.8, 4) is 11.4 Å². The molecule has 0 bridgehead atoms. The number of anilines is 1. The normalized spacial score (nSPS) is 16.4. The van der Waals surface area contributed by atoms with Crippen molar-refractivity contribution in [3.05, 3.63) is 59.7 Å². The molecule has 0 saturated heterocycles. The van der Waals surface area contributed by atoms with Crippen molar-refractivity contribution in [1.82, 2.24) is 20.2 Å². The van der Waals surface area contributed by atoms with Gasteiger partial charge in [0.25, 0.3) is 11.7 Å². The summed E-state index contributed by atoms with van der Waals surface area (Å²) in [5, 5.41) is 12.7. The molecule has 156 valence electrons. The number of Topliss-reactive ketones (excluding diaryl/α,β-unsaturated/α-hetero) is 1. The minimum Gasteiger partial charge on any atom is -0.497 e. The van der Waals surface area contributed by atoms with Crippen molar-refractivity contribution < 1.29 is 14.3 Å². The van der Waals surface area contributed by atoms with Gasteiger partial charge in [0.15, 0.2) is 0 Å². The van der Waals surface area contributed by atoms with E-state index in [1.54, 1.807) is 22.8 Å². The SMILES string of the molecule is COc1cc2c3c(c1)C(CSc1nnnn1-c1ccccc1)=CC(C)(C)N3C(=O)C2=O. The van der Waals surface area contributed by atoms with Gasteiger partial charge in [0.2, 0.25) is 5.16 Å². The molecule has 0 fully saturated rings. The van der Waals surface area contributed by atoms with Crippen LogP contribution in [0.25, 0.3) is 11.3 Å². The van der Waals surface area contributed by atoms with Gasteiger partial charge in [-0.3, -0.25) is 14.5 Å². The van der Waals surface area contributed by atoms with Gasteiger partial charge in [-0.1, -0.05) is 36.0 Å². The first-order valence-corrected chi connectivity index (χ1v) is 10.7. The lowest BCUT2D eigenvalue weighted by Gasteiger charge is -2.38. The van der Waals surface area contributed by atoms with Crippen molar-refractivity contribution in [2.75, 3.05) is 17.8 Å². The van der Waals surface area contributed by atoms with Gasteiger partial charge in [0, 0.05) is 11.3 Å². The van der Waals surface area contributed by atoms with E-state index >= 15 is 0 Å². The number of carbonyl (C=O) groups excluding carboxylic acids is 2. The van der Waals surface area contributed by atoms with Crippen molar-refractivity contribution >= 4 is 34.7 Å². The molecule has 2 aliphatic heterocycles. The summed E-state index contributed by atoms with van der Waals surface area (Å²) in [6.07, 6.45) is 2.03. The van der Waals surface area contributed by atoms with Crippen LogP contribution in [0.2, 0.25) is 0 Å². The lowest BCUT2D eigenvalue weighted by atomic mass is 9.89. The Labute approximate surface area is 182 Å². The average molecular weight is 433 g/mol. The number of hydrogen-bond acceptors (Lipinski definition) is 7. The molecule has 1 amide bonds. The van der Waals surface area contributed by atoms with E-state index < -0.39 is 17.2 Å². The molecule has 2 aromatic carbocycles. The van der Waals surface area contributed by atoms with Crippen LogP contribution in [0.15, 0.2) is 53.7 Å². The van der Waals surface area contributed by atoms with E-state index in [9.17, 15) is 9.59 Å². The summed E-state index contributed by atoms with van der Waals surface area (Å²) in [6, 6.07) is 13.2. The quantitative estimate of drug-likeness (QED) is 0.451. The van der Waals surface area contributed by atoms with Crippen molar-refractivity contribution in [2.24, 2.45) is 0 Å². The Morgan fingerprint density at radius 2 is 1.84 bits per heavy atom. The van der Waals surface area contributed by atoms with E-state index in [4.69, 9.17) is 4.74 Å². The number of ether oxygens (including phenoxy) is 1. The fraction of sp³-hybridized carbons (Fsp3) is 0.227. The van der Waals surface area contributed by atoms with Crippen LogP contribution in [0.5, 0.6) is 5.75 Å². The van der Waals surface area contributed by atoms with E-state index in [0.29, 0.717) is 27.9 Å². The zero-order valence-corrected chi connectivity index (χ0v) is 18.0. The summed E-state index contributed by atoms with van der Waals surface area (Å²) in [5.41, 5.74) is 3.09. The molecule has 0 aliphatic carbocycles. The summed E-state index contributed by atoms with van der Waals surface area (Å²) in [6.45, 7) is 3.86. The molecule has 0 spiro atoms. The fourth-order valence-corrected chi connectivity index (χ4v) is 4.97. The summed E-state index contributed by atoms with van der Waals surface area (Å²) in [7, 11) is 1.55. The maximum atomic E-state index is 12.7. The van der Waals surface area contributed by atoms with E-state index in [0.717, 1.165) is 16.8 Å². The number of methoxy groups -OCH3 is 1. The number of benzene rings is 2. The lowest BCUT2D eigenvalue weighted by molar-refractivity contribution is -0.115. The highest BCUT2D eigenvalue weighted by atomic mass is 32.2. The Kier molecular flexibility index (Phi) is 4.44. The molecule has 2 aliphatic rings. The molecular formula is C22H19N5O3S. The molecular weight excluding hydrogens is 414 g/mol. The van der Waals surface area contributed by atoms with Crippen molar-refractivity contribution in [2.45, 2.75) is 24.5 Å². The first-order valence-electron chi connectivity index (χ1n) is 9.70. The van der Waals surface area contributed by atoms with Gasteiger partial charge in [-0.05, 0) is 54.1 Å². The van der Waals surface area contributed by atoms with Gasteiger partial charge >= 0.3 is 0 Å². The summed E-state index contributed by atoms with van der Waals surface area (Å²) >= 11 is 1.49. The number of hydrogen-bond donors (Lipinski definition) is 0. The van der Waals surface area contributed by atoms with Crippen molar-refractivity contribution in [1.29, 1.82) is 0 Å². The number of aromatic nitrogens is 4. The molecule has 31 heavy (non-hydrogen) atoms. The molecule has 8 nitrogen and oxygen atoms in total. The standard InChI is InChI=1S/C22H19N5O3S/c1-22(2)11-13(12-31-21-23-24-25-27(21)14-7-5-4-6-8-14)16-9-15(30-3)10-17-18(16)26(22)20(29)19(17)28/h4-11H,12H2,1-3H3. The fourth-order valence-electron chi connectivity index (χ4n) is 4.08. The molecule has 3 heterocycles. The zero-order valence-electron chi connectivity index (χ0n) is 17.2. The van der Waals surface area contributed by atoms with Crippen molar-refractivity contribution in [3.63, 3.8) is 0 Å². The molecule has 5 rings (SSSR count). The third-order valence-corrected chi connectivity index (χ3v) is 6.40. The maximum Gasteiger partial charge on any atom is 0.300 e. The number of nitrogens with zero attached hydrogens (tertiary/aromatic N) is 5. The number of tetrazole rings is 1. The second-order valence-corrected chi connectivity index (χ2v) is 8.80. The van der Waals surface area contributed by atoms with Gasteiger partial charge in [-0.25, -0.2) is 0 Å². The predicted octanol–water partition coefficient (Wildman–Crippen LogP) is 3.17. The monoisotopic (exact) mass is 433 g/mol. The molecule has 3 aromatic rings. The van der Waals surface area contributed by atoms with Gasteiger partial charge in [-0.2, -0.15) is 4.68 Å². The summed E-state index contributed by atoms with van der Waals surface area (Å²) < 4.78 is 7.09. The number of rotatable bonds is 5. The summed E-state index contributed by atoms with van der Waals surface area (Å²) in [5.74, 6) is 0.0948. The number of para-hydroxylation sites is 1. The number of carbonyl (C=O) groups is 2. The zero-order chi connectivity index (χ0) is 21.8. The molecule has 9 heteroatoms.